The van der Waals surface area contributed by atoms with Crippen LogP contribution in [-0.2, 0) is 4.74 Å². The van der Waals surface area contributed by atoms with Gasteiger partial charge in [0.15, 0.2) is 0 Å². The third kappa shape index (κ3) is 3.55. The number of ether oxygens (including phenoxy) is 1. The van der Waals surface area contributed by atoms with Gasteiger partial charge in [-0.2, -0.15) is 0 Å². The van der Waals surface area contributed by atoms with Crippen molar-refractivity contribution < 1.29 is 9.53 Å². The molecule has 0 aromatic carbocycles. The maximum atomic E-state index is 12.1. The van der Waals surface area contributed by atoms with Gasteiger partial charge >= 0.3 is 5.97 Å². The van der Waals surface area contributed by atoms with Gasteiger partial charge in [-0.05, 0) is 42.7 Å². The van der Waals surface area contributed by atoms with E-state index in [0.29, 0.717) is 23.3 Å². The van der Waals surface area contributed by atoms with E-state index in [2.05, 4.69) is 25.8 Å². The van der Waals surface area contributed by atoms with Crippen LogP contribution >= 0.6 is 0 Å². The lowest BCUT2D eigenvalue weighted by Crippen LogP contribution is -2.35. The van der Waals surface area contributed by atoms with Crippen LogP contribution in [0.2, 0.25) is 0 Å². The van der Waals surface area contributed by atoms with Crippen LogP contribution in [0.25, 0.3) is 0 Å². The summed E-state index contributed by atoms with van der Waals surface area (Å²) in [6, 6.07) is 3.41. The highest BCUT2D eigenvalue weighted by Crippen LogP contribution is 2.35. The standard InChI is InChI=1S/C16H23NO2/c1-11(2)14-5-4-12(3)10-15(14)19-16(18)13-6-8-17-9-7-13/h6-9,11-12,14-15H,4-5,10H2,1-3H3/t12-,14-,15+/m0/s1. The third-order valence-corrected chi connectivity index (χ3v) is 4.14. The number of hydrogen-bond donors (Lipinski definition) is 0. The quantitative estimate of drug-likeness (QED) is 0.779. The molecule has 1 saturated carbocycles. The van der Waals surface area contributed by atoms with Crippen molar-refractivity contribution in [1.29, 1.82) is 0 Å². The molecule has 3 heteroatoms. The van der Waals surface area contributed by atoms with E-state index >= 15 is 0 Å². The van der Waals surface area contributed by atoms with Gasteiger partial charge in [0.05, 0.1) is 5.56 Å². The van der Waals surface area contributed by atoms with Crippen LogP contribution in [-0.4, -0.2) is 17.1 Å². The SMILES string of the molecule is CC(C)[C@@H]1CC[C@H](C)C[C@H]1OC(=O)c1ccncc1. The third-order valence-electron chi connectivity index (χ3n) is 4.14. The Kier molecular flexibility index (Phi) is 4.56. The van der Waals surface area contributed by atoms with Crippen molar-refractivity contribution in [1.82, 2.24) is 4.98 Å². The zero-order chi connectivity index (χ0) is 13.8. The number of nitrogens with zero attached hydrogens (tertiary/aromatic N) is 1. The molecule has 0 unspecified atom stereocenters. The number of esters is 1. The summed E-state index contributed by atoms with van der Waals surface area (Å²) in [6.45, 7) is 6.67. The molecular formula is C16H23NO2. The normalized spacial score (nSPS) is 27.3. The first-order chi connectivity index (χ1) is 9.08. The number of rotatable bonds is 3. The van der Waals surface area contributed by atoms with Crippen LogP contribution in [0.1, 0.15) is 50.4 Å². The molecule has 3 nitrogen and oxygen atoms in total. The summed E-state index contributed by atoms with van der Waals surface area (Å²) < 4.78 is 5.76. The predicted octanol–water partition coefficient (Wildman–Crippen LogP) is 3.70. The van der Waals surface area contributed by atoms with Gasteiger partial charge in [-0.25, -0.2) is 4.79 Å². The molecule has 1 aliphatic carbocycles. The molecule has 1 aromatic rings. The molecule has 2 rings (SSSR count). The second-order valence-corrected chi connectivity index (χ2v) is 6.01. The van der Waals surface area contributed by atoms with Crippen molar-refractivity contribution >= 4 is 5.97 Å². The molecule has 0 spiro atoms. The fraction of sp³-hybridized carbons (Fsp3) is 0.625. The summed E-state index contributed by atoms with van der Waals surface area (Å²) in [4.78, 5) is 16.1. The lowest BCUT2D eigenvalue weighted by Gasteiger charge is -2.36. The zero-order valence-electron chi connectivity index (χ0n) is 12.0. The Labute approximate surface area is 115 Å². The average molecular weight is 261 g/mol. The van der Waals surface area contributed by atoms with Crippen LogP contribution in [0.4, 0.5) is 0 Å². The Morgan fingerprint density at radius 1 is 1.32 bits per heavy atom. The Bertz CT molecular complexity index is 416. The van der Waals surface area contributed by atoms with Crippen LogP contribution in [0.15, 0.2) is 24.5 Å². The van der Waals surface area contributed by atoms with Gasteiger partial charge in [-0.1, -0.05) is 27.2 Å². The van der Waals surface area contributed by atoms with Crippen LogP contribution in [0.5, 0.6) is 0 Å². The van der Waals surface area contributed by atoms with Crippen molar-refractivity contribution in [2.45, 2.75) is 46.1 Å². The molecule has 0 amide bonds. The molecule has 0 bridgehead atoms. The average Bonchev–Trinajstić information content (AvgIpc) is 2.39. The summed E-state index contributed by atoms with van der Waals surface area (Å²) in [5.74, 6) is 1.47. The second-order valence-electron chi connectivity index (χ2n) is 6.01. The molecular weight excluding hydrogens is 238 g/mol. The van der Waals surface area contributed by atoms with Gasteiger partial charge in [0.2, 0.25) is 0 Å². The predicted molar refractivity (Wildman–Crippen MR) is 74.8 cm³/mol. The Morgan fingerprint density at radius 2 is 2.00 bits per heavy atom. The van der Waals surface area contributed by atoms with Crippen molar-refractivity contribution in [3.05, 3.63) is 30.1 Å². The minimum atomic E-state index is -0.216. The largest absolute Gasteiger partial charge is 0.458 e. The lowest BCUT2D eigenvalue weighted by molar-refractivity contribution is -0.0174. The fourth-order valence-corrected chi connectivity index (χ4v) is 2.94. The van der Waals surface area contributed by atoms with E-state index in [1.54, 1.807) is 24.5 Å². The minimum Gasteiger partial charge on any atom is -0.458 e. The molecule has 3 atom stereocenters. The molecule has 0 aliphatic heterocycles. The molecule has 0 saturated heterocycles. The van der Waals surface area contributed by atoms with Gasteiger partial charge in [-0.15, -0.1) is 0 Å². The van der Waals surface area contributed by atoms with E-state index < -0.39 is 0 Å². The van der Waals surface area contributed by atoms with Crippen molar-refractivity contribution in [3.63, 3.8) is 0 Å². The fourth-order valence-electron chi connectivity index (χ4n) is 2.94. The number of aromatic nitrogens is 1. The highest BCUT2D eigenvalue weighted by molar-refractivity contribution is 5.89. The summed E-state index contributed by atoms with van der Waals surface area (Å²) >= 11 is 0. The van der Waals surface area contributed by atoms with E-state index in [-0.39, 0.29) is 12.1 Å². The summed E-state index contributed by atoms with van der Waals surface area (Å²) in [5, 5.41) is 0. The molecule has 1 fully saturated rings. The van der Waals surface area contributed by atoms with Gasteiger partial charge < -0.3 is 4.74 Å². The number of carbonyl (C=O) groups excluding carboxylic acids is 1. The van der Waals surface area contributed by atoms with E-state index in [4.69, 9.17) is 4.74 Å². The number of carbonyl (C=O) groups is 1. The second kappa shape index (κ2) is 6.18. The summed E-state index contributed by atoms with van der Waals surface area (Å²) in [6.07, 6.45) is 6.70. The van der Waals surface area contributed by atoms with Crippen molar-refractivity contribution in [2.75, 3.05) is 0 Å². The summed E-state index contributed by atoms with van der Waals surface area (Å²) in [7, 11) is 0. The maximum absolute atomic E-state index is 12.1. The monoisotopic (exact) mass is 261 g/mol. The molecule has 19 heavy (non-hydrogen) atoms. The number of pyridine rings is 1. The van der Waals surface area contributed by atoms with Crippen molar-refractivity contribution in [2.24, 2.45) is 17.8 Å². The Hall–Kier alpha value is -1.38. The topological polar surface area (TPSA) is 39.2 Å². The first-order valence-corrected chi connectivity index (χ1v) is 7.19. The molecule has 104 valence electrons. The maximum Gasteiger partial charge on any atom is 0.338 e. The zero-order valence-corrected chi connectivity index (χ0v) is 12.0. The van der Waals surface area contributed by atoms with E-state index in [9.17, 15) is 4.79 Å². The van der Waals surface area contributed by atoms with Gasteiger partial charge in [-0.3, -0.25) is 4.98 Å². The molecule has 0 N–H and O–H groups in total. The highest BCUT2D eigenvalue weighted by Gasteiger charge is 2.33. The Morgan fingerprint density at radius 3 is 2.63 bits per heavy atom. The molecule has 1 heterocycles. The van der Waals surface area contributed by atoms with Gasteiger partial charge in [0.25, 0.3) is 0 Å². The molecule has 1 aliphatic rings. The van der Waals surface area contributed by atoms with Crippen LogP contribution in [0.3, 0.4) is 0 Å². The Balaban J connectivity index is 2.04. The van der Waals surface area contributed by atoms with E-state index in [1.807, 2.05) is 0 Å². The first-order valence-electron chi connectivity index (χ1n) is 7.19. The number of hydrogen-bond acceptors (Lipinski definition) is 3. The van der Waals surface area contributed by atoms with Crippen molar-refractivity contribution in [3.8, 4) is 0 Å². The summed E-state index contributed by atoms with van der Waals surface area (Å²) in [5.41, 5.74) is 0.593. The van der Waals surface area contributed by atoms with E-state index in [1.165, 1.54) is 6.42 Å². The first kappa shape index (κ1) is 14.0. The lowest BCUT2D eigenvalue weighted by atomic mass is 9.75. The van der Waals surface area contributed by atoms with Gasteiger partial charge in [0.1, 0.15) is 6.10 Å². The smallest absolute Gasteiger partial charge is 0.338 e. The van der Waals surface area contributed by atoms with Crippen LogP contribution in [0, 0.1) is 17.8 Å². The van der Waals surface area contributed by atoms with E-state index in [0.717, 1.165) is 12.8 Å². The molecule has 0 radical (unpaired) electrons. The van der Waals surface area contributed by atoms with Gasteiger partial charge in [0, 0.05) is 12.4 Å². The highest BCUT2D eigenvalue weighted by atomic mass is 16.5. The minimum absolute atomic E-state index is 0.0596. The van der Waals surface area contributed by atoms with Crippen LogP contribution < -0.4 is 0 Å². The molecule has 1 aromatic heterocycles.